The topological polar surface area (TPSA) is 61.4 Å². The molecule has 2 aromatic rings. The van der Waals surface area contributed by atoms with Gasteiger partial charge in [-0.2, -0.15) is 0 Å². The highest BCUT2D eigenvalue weighted by Crippen LogP contribution is 2.20. The van der Waals surface area contributed by atoms with Crippen LogP contribution in [0.2, 0.25) is 5.02 Å². The zero-order chi connectivity index (χ0) is 19.1. The fourth-order valence-corrected chi connectivity index (χ4v) is 3.24. The predicted octanol–water partition coefficient (Wildman–Crippen LogP) is 2.92. The van der Waals surface area contributed by atoms with E-state index in [1.165, 1.54) is 18.5 Å². The standard InChI is InChI=1S/C21H24ClN3O2/c22-18-7-3-17(4-8-18)15-24-21(27)20(26)23-12-11-16-5-9-19(10-6-16)25-13-1-2-14-25/h3-10H,1-2,11-15H2,(H,23,26)(H,24,27). The maximum absolute atomic E-state index is 11.9. The molecule has 0 saturated carbocycles. The Morgan fingerprint density at radius 3 is 2.11 bits per heavy atom. The van der Waals surface area contributed by atoms with Gasteiger partial charge in [0.05, 0.1) is 0 Å². The molecule has 2 N–H and O–H groups in total. The van der Waals surface area contributed by atoms with Crippen molar-refractivity contribution < 1.29 is 9.59 Å². The van der Waals surface area contributed by atoms with E-state index in [0.29, 0.717) is 24.5 Å². The minimum Gasteiger partial charge on any atom is -0.372 e. The summed E-state index contributed by atoms with van der Waals surface area (Å²) in [4.78, 5) is 26.1. The third-order valence-corrected chi connectivity index (χ3v) is 4.93. The van der Waals surface area contributed by atoms with Gasteiger partial charge in [0.25, 0.3) is 0 Å². The summed E-state index contributed by atoms with van der Waals surface area (Å²) in [6.07, 6.45) is 3.21. The molecule has 0 aliphatic carbocycles. The number of hydrogen-bond acceptors (Lipinski definition) is 3. The Kier molecular flexibility index (Phi) is 6.71. The fraction of sp³-hybridized carbons (Fsp3) is 0.333. The second-order valence-corrected chi connectivity index (χ2v) is 7.11. The molecule has 1 aliphatic rings. The summed E-state index contributed by atoms with van der Waals surface area (Å²) in [5, 5.41) is 5.90. The highest BCUT2D eigenvalue weighted by atomic mass is 35.5. The number of hydrogen-bond donors (Lipinski definition) is 2. The van der Waals surface area contributed by atoms with Crippen LogP contribution in [0.5, 0.6) is 0 Å². The maximum atomic E-state index is 11.9. The Hall–Kier alpha value is -2.53. The van der Waals surface area contributed by atoms with Crippen molar-refractivity contribution in [3.05, 3.63) is 64.7 Å². The minimum absolute atomic E-state index is 0.293. The lowest BCUT2D eigenvalue weighted by atomic mass is 10.1. The molecule has 0 aromatic heterocycles. The minimum atomic E-state index is -0.630. The molecule has 3 rings (SSSR count). The molecular weight excluding hydrogens is 362 g/mol. The van der Waals surface area contributed by atoms with Gasteiger partial charge in [-0.3, -0.25) is 9.59 Å². The van der Waals surface area contributed by atoms with E-state index in [1.807, 2.05) is 12.1 Å². The molecule has 0 unspecified atom stereocenters. The van der Waals surface area contributed by atoms with E-state index in [0.717, 1.165) is 24.2 Å². The Balaban J connectivity index is 1.38. The van der Waals surface area contributed by atoms with Crippen molar-refractivity contribution >= 4 is 29.1 Å². The van der Waals surface area contributed by atoms with E-state index in [-0.39, 0.29) is 0 Å². The largest absolute Gasteiger partial charge is 0.372 e. The number of rotatable bonds is 6. The third-order valence-electron chi connectivity index (χ3n) is 4.68. The molecule has 142 valence electrons. The normalized spacial score (nSPS) is 13.4. The van der Waals surface area contributed by atoms with Crippen molar-refractivity contribution in [2.45, 2.75) is 25.8 Å². The first kappa shape index (κ1) is 19.2. The van der Waals surface area contributed by atoms with Crippen LogP contribution < -0.4 is 15.5 Å². The van der Waals surface area contributed by atoms with Crippen LogP contribution in [0.1, 0.15) is 24.0 Å². The number of anilines is 1. The molecule has 5 nitrogen and oxygen atoms in total. The fourth-order valence-electron chi connectivity index (χ4n) is 3.11. The molecule has 0 spiro atoms. The van der Waals surface area contributed by atoms with Gasteiger partial charge in [0.15, 0.2) is 0 Å². The molecule has 2 amide bonds. The summed E-state index contributed by atoms with van der Waals surface area (Å²) in [7, 11) is 0. The Morgan fingerprint density at radius 2 is 1.44 bits per heavy atom. The van der Waals surface area contributed by atoms with Gasteiger partial charge < -0.3 is 15.5 Å². The van der Waals surface area contributed by atoms with Crippen LogP contribution in [0.4, 0.5) is 5.69 Å². The second kappa shape index (κ2) is 9.42. The maximum Gasteiger partial charge on any atom is 0.309 e. The van der Waals surface area contributed by atoms with Gasteiger partial charge in [-0.15, -0.1) is 0 Å². The van der Waals surface area contributed by atoms with Crippen LogP contribution in [0, 0.1) is 0 Å². The lowest BCUT2D eigenvalue weighted by molar-refractivity contribution is -0.139. The van der Waals surface area contributed by atoms with E-state index in [4.69, 9.17) is 11.6 Å². The number of carbonyl (C=O) groups is 2. The lowest BCUT2D eigenvalue weighted by Crippen LogP contribution is -2.40. The first-order valence-corrected chi connectivity index (χ1v) is 9.64. The third kappa shape index (κ3) is 5.73. The van der Waals surface area contributed by atoms with Crippen molar-refractivity contribution in [1.82, 2.24) is 10.6 Å². The molecule has 0 atom stereocenters. The zero-order valence-electron chi connectivity index (χ0n) is 15.2. The van der Waals surface area contributed by atoms with Gasteiger partial charge in [-0.1, -0.05) is 35.9 Å². The van der Waals surface area contributed by atoms with Crippen LogP contribution in [0.25, 0.3) is 0 Å². The molecular formula is C21H24ClN3O2. The van der Waals surface area contributed by atoms with Crippen LogP contribution in [-0.2, 0) is 22.6 Å². The summed E-state index contributed by atoms with van der Waals surface area (Å²) in [5.74, 6) is -1.24. The average molecular weight is 386 g/mol. The van der Waals surface area contributed by atoms with E-state index in [1.54, 1.807) is 12.1 Å². The summed E-state index contributed by atoms with van der Waals surface area (Å²) in [6.45, 7) is 2.97. The SMILES string of the molecule is O=C(NCCc1ccc(N2CCCC2)cc1)C(=O)NCc1ccc(Cl)cc1. The monoisotopic (exact) mass is 385 g/mol. The Morgan fingerprint density at radius 1 is 0.852 bits per heavy atom. The van der Waals surface area contributed by atoms with Crippen molar-refractivity contribution in [2.24, 2.45) is 0 Å². The summed E-state index contributed by atoms with van der Waals surface area (Å²) in [5.41, 5.74) is 3.28. The molecule has 0 bridgehead atoms. The number of halogens is 1. The Labute approximate surface area is 164 Å². The summed E-state index contributed by atoms with van der Waals surface area (Å²) in [6, 6.07) is 15.5. The predicted molar refractivity (Wildman–Crippen MR) is 108 cm³/mol. The molecule has 1 fully saturated rings. The van der Waals surface area contributed by atoms with Gasteiger partial charge in [0, 0.05) is 36.9 Å². The van der Waals surface area contributed by atoms with Crippen LogP contribution in [-0.4, -0.2) is 31.4 Å². The van der Waals surface area contributed by atoms with E-state index < -0.39 is 11.8 Å². The molecule has 27 heavy (non-hydrogen) atoms. The molecule has 6 heteroatoms. The van der Waals surface area contributed by atoms with Gasteiger partial charge in [-0.05, 0) is 54.7 Å². The van der Waals surface area contributed by atoms with E-state index in [2.05, 4.69) is 39.8 Å². The molecule has 1 heterocycles. The van der Waals surface area contributed by atoms with Crippen molar-refractivity contribution in [2.75, 3.05) is 24.5 Å². The highest BCUT2D eigenvalue weighted by molar-refractivity contribution is 6.35. The second-order valence-electron chi connectivity index (χ2n) is 6.68. The van der Waals surface area contributed by atoms with Crippen LogP contribution in [0.15, 0.2) is 48.5 Å². The van der Waals surface area contributed by atoms with Crippen molar-refractivity contribution in [3.63, 3.8) is 0 Å². The van der Waals surface area contributed by atoms with Crippen LogP contribution >= 0.6 is 11.6 Å². The lowest BCUT2D eigenvalue weighted by Gasteiger charge is -2.17. The highest BCUT2D eigenvalue weighted by Gasteiger charge is 2.13. The number of amides is 2. The number of nitrogens with zero attached hydrogens (tertiary/aromatic N) is 1. The smallest absolute Gasteiger partial charge is 0.309 e. The van der Waals surface area contributed by atoms with E-state index in [9.17, 15) is 9.59 Å². The molecule has 1 aliphatic heterocycles. The van der Waals surface area contributed by atoms with Gasteiger partial charge >= 0.3 is 11.8 Å². The number of nitrogens with one attached hydrogen (secondary N) is 2. The van der Waals surface area contributed by atoms with Crippen LogP contribution in [0.3, 0.4) is 0 Å². The molecule has 0 radical (unpaired) electrons. The van der Waals surface area contributed by atoms with E-state index >= 15 is 0 Å². The van der Waals surface area contributed by atoms with Crippen molar-refractivity contribution in [3.8, 4) is 0 Å². The number of benzene rings is 2. The molecule has 2 aromatic carbocycles. The summed E-state index contributed by atoms with van der Waals surface area (Å²) >= 11 is 5.82. The Bertz CT molecular complexity index is 769. The number of carbonyl (C=O) groups excluding carboxylic acids is 2. The average Bonchev–Trinajstić information content (AvgIpc) is 3.22. The molecule has 1 saturated heterocycles. The quantitative estimate of drug-likeness (QED) is 0.751. The van der Waals surface area contributed by atoms with Crippen molar-refractivity contribution in [1.29, 1.82) is 0 Å². The van der Waals surface area contributed by atoms with Gasteiger partial charge in [-0.25, -0.2) is 0 Å². The zero-order valence-corrected chi connectivity index (χ0v) is 16.0. The van der Waals surface area contributed by atoms with Gasteiger partial charge in [0.1, 0.15) is 0 Å². The van der Waals surface area contributed by atoms with Gasteiger partial charge in [0.2, 0.25) is 0 Å². The first-order valence-electron chi connectivity index (χ1n) is 9.26. The summed E-state index contributed by atoms with van der Waals surface area (Å²) < 4.78 is 0. The first-order chi connectivity index (χ1) is 13.1.